The second-order valence-corrected chi connectivity index (χ2v) is 18.0. The van der Waals surface area contributed by atoms with Gasteiger partial charge in [-0.2, -0.15) is 0 Å². The Morgan fingerprint density at radius 3 is 1.42 bits per heavy atom. The van der Waals surface area contributed by atoms with Crippen LogP contribution in [0.5, 0.6) is 0 Å². The van der Waals surface area contributed by atoms with Crippen molar-refractivity contribution in [3.63, 3.8) is 0 Å². The summed E-state index contributed by atoms with van der Waals surface area (Å²) >= 11 is 14.7. The molecule has 38 heavy (non-hydrogen) atoms. The van der Waals surface area contributed by atoms with Crippen molar-refractivity contribution < 1.29 is 56.2 Å². The molecule has 18 heteroatoms. The van der Waals surface area contributed by atoms with Crippen molar-refractivity contribution in [2.45, 2.75) is 39.4 Å². The number of hydrogen-bond acceptors (Lipinski definition) is 15. The molecule has 0 spiro atoms. The molecule has 0 radical (unpaired) electrons. The minimum atomic E-state index is -2.65. The van der Waals surface area contributed by atoms with Crippen LogP contribution in [0.3, 0.4) is 0 Å². The maximum atomic E-state index is 11.8. The first-order chi connectivity index (χ1) is 17.7. The van der Waals surface area contributed by atoms with Gasteiger partial charge in [0.05, 0.1) is 32.8 Å². The van der Waals surface area contributed by atoms with E-state index < -0.39 is 40.5 Å². The molecule has 0 aliphatic heterocycles. The van der Waals surface area contributed by atoms with Crippen LogP contribution in [0.2, 0.25) is 0 Å². The van der Waals surface area contributed by atoms with Gasteiger partial charge in [-0.1, -0.05) is 23.6 Å². The van der Waals surface area contributed by atoms with E-state index in [0.29, 0.717) is 13.2 Å². The Labute approximate surface area is 244 Å². The first-order valence-corrected chi connectivity index (χ1v) is 18.8. The van der Waals surface area contributed by atoms with Crippen molar-refractivity contribution in [2.24, 2.45) is 0 Å². The highest BCUT2D eigenvalue weighted by molar-refractivity contribution is 8.68. The topological polar surface area (TPSA) is 142 Å². The van der Waals surface area contributed by atoms with E-state index in [-0.39, 0.29) is 19.6 Å². The summed E-state index contributed by atoms with van der Waals surface area (Å²) in [7, 11) is 5.78. The molecule has 0 aromatic rings. The van der Waals surface area contributed by atoms with Gasteiger partial charge in [0, 0.05) is 40.6 Å². The predicted molar refractivity (Wildman–Crippen MR) is 157 cm³/mol. The highest BCUT2D eigenvalue weighted by atomic mass is 32.9. The van der Waals surface area contributed by atoms with Crippen LogP contribution in [0.1, 0.15) is 34.1 Å². The molecule has 0 heterocycles. The van der Waals surface area contributed by atoms with E-state index in [1.165, 1.54) is 28.4 Å². The molecule has 0 bridgehead atoms. The molecule has 0 amide bonds. The number of ether oxygens (including phenoxy) is 4. The van der Waals surface area contributed by atoms with Gasteiger partial charge < -0.3 is 37.0 Å². The number of hydrogen-bond donors (Lipinski definition) is 1. The van der Waals surface area contributed by atoms with Gasteiger partial charge in [0.15, 0.2) is 0 Å². The Morgan fingerprint density at radius 2 is 1.13 bits per heavy atom. The quantitative estimate of drug-likeness (QED) is 0.0880. The van der Waals surface area contributed by atoms with Gasteiger partial charge in [0.2, 0.25) is 11.4 Å². The summed E-state index contributed by atoms with van der Waals surface area (Å²) in [6.45, 7) is 7.83. The van der Waals surface area contributed by atoms with Crippen LogP contribution < -0.4 is 0 Å². The average molecular weight is 661 g/mol. The van der Waals surface area contributed by atoms with Crippen LogP contribution in [-0.2, 0) is 79.8 Å². The van der Waals surface area contributed by atoms with Gasteiger partial charge in [-0.05, 0) is 51.3 Å². The van der Waals surface area contributed by atoms with E-state index >= 15 is 0 Å². The van der Waals surface area contributed by atoms with Gasteiger partial charge in [-0.15, -0.1) is 0 Å². The van der Waals surface area contributed by atoms with Crippen LogP contribution in [0.25, 0.3) is 0 Å². The first-order valence-electron chi connectivity index (χ1n) is 10.9. The standard InChI is InChI=1S/C10H19O6PS2.C8H12O4.C2H7O2PS2/c1-5-15-9(11)7-8(10(12)16-6-2)19-17(18,13-3)14-4;1-3-11-7(9)5-6-8(10)12-4-2;1-3-5(6,7)4-2/h8H,5-7H2,1-4H3;5-6H,3-4H2,1-2H3;1-2H3,(H,6,7). The summed E-state index contributed by atoms with van der Waals surface area (Å²) in [5.41, 5.74) is -4.78. The minimum absolute atomic E-state index is 0.123. The predicted octanol–water partition coefficient (Wildman–Crippen LogP) is 4.22. The molecule has 12 nitrogen and oxygen atoms in total. The molecule has 0 aromatic carbocycles. The molecule has 0 aliphatic rings. The molecule has 1 atom stereocenters. The second-order valence-electron chi connectivity index (χ2n) is 5.84. The molecule has 0 saturated carbocycles. The van der Waals surface area contributed by atoms with E-state index in [0.717, 1.165) is 23.5 Å². The third-order valence-electron chi connectivity index (χ3n) is 3.30. The monoisotopic (exact) mass is 660 g/mol. The van der Waals surface area contributed by atoms with Gasteiger partial charge >= 0.3 is 23.9 Å². The van der Waals surface area contributed by atoms with Crippen molar-refractivity contribution in [3.8, 4) is 0 Å². The Morgan fingerprint density at radius 1 is 0.737 bits per heavy atom. The van der Waals surface area contributed by atoms with Crippen LogP contribution in [0.4, 0.5) is 0 Å². The summed E-state index contributed by atoms with van der Waals surface area (Å²) in [5, 5.41) is -0.787. The molecule has 0 rings (SSSR count). The van der Waals surface area contributed by atoms with Crippen molar-refractivity contribution in [1.29, 1.82) is 0 Å². The third-order valence-corrected chi connectivity index (χ3v) is 12.0. The van der Waals surface area contributed by atoms with Gasteiger partial charge in [0.25, 0.3) is 0 Å². The lowest BCUT2D eigenvalue weighted by Crippen LogP contribution is -2.24. The first kappa shape index (κ1) is 41.9. The van der Waals surface area contributed by atoms with Crippen molar-refractivity contribution >= 4 is 82.5 Å². The SMILES string of the molecule is CCOC(=O)C=CC(=O)OCC.CCOC(=O)CC(SP(=S)(OC)OC)C(=O)OCC.COP(=S)(S)OC. The zero-order chi connectivity index (χ0) is 30.2. The zero-order valence-corrected chi connectivity index (χ0v) is 27.9. The Kier molecular flexibility index (Phi) is 28.1. The molecule has 0 aliphatic carbocycles. The minimum Gasteiger partial charge on any atom is -0.466 e. The van der Waals surface area contributed by atoms with E-state index in [1.807, 2.05) is 0 Å². The fraction of sp³-hybridized carbons (Fsp3) is 0.700. The largest absolute Gasteiger partial charge is 0.466 e. The lowest BCUT2D eigenvalue weighted by molar-refractivity contribution is -0.149. The highest BCUT2D eigenvalue weighted by Gasteiger charge is 2.32. The number of carbonyl (C=O) groups excluding carboxylic acids is 4. The Balaban J connectivity index is -0.000000547. The fourth-order valence-electron chi connectivity index (χ4n) is 1.68. The maximum Gasteiger partial charge on any atom is 0.330 e. The Hall–Kier alpha value is -0.540. The van der Waals surface area contributed by atoms with Crippen molar-refractivity contribution in [1.82, 2.24) is 0 Å². The summed E-state index contributed by atoms with van der Waals surface area (Å²) in [5.74, 6) is -2.08. The molecular weight excluding hydrogens is 622 g/mol. The summed E-state index contributed by atoms with van der Waals surface area (Å²) in [6, 6.07) is 0. The van der Waals surface area contributed by atoms with Crippen molar-refractivity contribution in [3.05, 3.63) is 12.2 Å². The number of carbonyl (C=O) groups is 4. The smallest absolute Gasteiger partial charge is 0.330 e. The lowest BCUT2D eigenvalue weighted by Gasteiger charge is -2.21. The van der Waals surface area contributed by atoms with Gasteiger partial charge in [0.1, 0.15) is 5.25 Å². The van der Waals surface area contributed by atoms with E-state index in [9.17, 15) is 19.2 Å². The molecule has 0 fully saturated rings. The maximum absolute atomic E-state index is 11.8. The number of esters is 4. The van der Waals surface area contributed by atoms with Gasteiger partial charge in [-0.25, -0.2) is 9.59 Å². The van der Waals surface area contributed by atoms with Crippen LogP contribution in [-0.4, -0.2) is 84.0 Å². The van der Waals surface area contributed by atoms with Gasteiger partial charge in [-0.3, -0.25) is 9.59 Å². The summed E-state index contributed by atoms with van der Waals surface area (Å²) in [6.07, 6.45) is 1.96. The van der Waals surface area contributed by atoms with E-state index in [4.69, 9.17) is 30.3 Å². The van der Waals surface area contributed by atoms with E-state index in [2.05, 4.69) is 42.6 Å². The molecular formula is C20H38O12P2S4. The molecule has 0 N–H and O–H groups in total. The number of thiol groups is 1. The fourth-order valence-corrected chi connectivity index (χ4v) is 5.69. The van der Waals surface area contributed by atoms with Crippen LogP contribution in [0.15, 0.2) is 12.2 Å². The lowest BCUT2D eigenvalue weighted by atomic mass is 10.3. The zero-order valence-electron chi connectivity index (χ0n) is 22.7. The normalized spacial score (nSPS) is 11.7. The molecule has 1 unspecified atom stereocenters. The summed E-state index contributed by atoms with van der Waals surface area (Å²) in [4.78, 5) is 44.6. The highest BCUT2D eigenvalue weighted by Crippen LogP contribution is 2.62. The third kappa shape index (κ3) is 24.5. The molecule has 224 valence electrons. The Bertz CT molecular complexity index is 790. The van der Waals surface area contributed by atoms with Crippen molar-refractivity contribution in [2.75, 3.05) is 54.9 Å². The van der Waals surface area contributed by atoms with Crippen LogP contribution >= 0.6 is 35.0 Å². The average Bonchev–Trinajstić information content (AvgIpc) is 2.88. The molecule has 0 aromatic heterocycles. The summed E-state index contributed by atoms with van der Waals surface area (Å²) < 4.78 is 38.3. The second kappa shape index (κ2) is 25.4. The molecule has 0 saturated heterocycles. The van der Waals surface area contributed by atoms with Crippen LogP contribution in [0, 0.1) is 0 Å². The number of rotatable bonds is 15. The van der Waals surface area contributed by atoms with E-state index in [1.54, 1.807) is 27.7 Å².